The minimum Gasteiger partial charge on any atom is -0.495 e. The molecule has 1 atom stereocenters. The Morgan fingerprint density at radius 2 is 2.18 bits per heavy atom. The van der Waals surface area contributed by atoms with Gasteiger partial charge >= 0.3 is 6.03 Å². The topological polar surface area (TPSA) is 124 Å². The first-order valence-corrected chi connectivity index (χ1v) is 11.3. The predicted molar refractivity (Wildman–Crippen MR) is 123 cm³/mol. The van der Waals surface area contributed by atoms with Crippen molar-refractivity contribution in [2.24, 2.45) is 0 Å². The van der Waals surface area contributed by atoms with Crippen molar-refractivity contribution >= 4 is 32.7 Å². The van der Waals surface area contributed by atoms with Crippen LogP contribution in [-0.2, 0) is 11.2 Å². The van der Waals surface area contributed by atoms with E-state index in [1.165, 1.54) is 11.3 Å². The summed E-state index contributed by atoms with van der Waals surface area (Å²) in [6, 6.07) is 7.51. The van der Waals surface area contributed by atoms with Crippen LogP contribution in [0.4, 0.5) is 9.93 Å². The molecule has 1 fully saturated rings. The lowest BCUT2D eigenvalue weighted by molar-refractivity contribution is 0.189. The van der Waals surface area contributed by atoms with E-state index in [4.69, 9.17) is 14.0 Å². The van der Waals surface area contributed by atoms with Gasteiger partial charge in [-0.1, -0.05) is 22.6 Å². The first-order valence-electron chi connectivity index (χ1n) is 10.5. The quantitative estimate of drug-likeness (QED) is 0.423. The summed E-state index contributed by atoms with van der Waals surface area (Å²) in [6.45, 7) is 1.71. The summed E-state index contributed by atoms with van der Waals surface area (Å²) in [5.74, 6) is 2.03. The lowest BCUT2D eigenvalue weighted by Crippen LogP contribution is -2.30. The van der Waals surface area contributed by atoms with Crippen molar-refractivity contribution in [3.8, 4) is 16.9 Å². The highest BCUT2D eigenvalue weighted by molar-refractivity contribution is 7.22. The molecule has 0 saturated carbocycles. The fourth-order valence-electron chi connectivity index (χ4n) is 3.54. The maximum atomic E-state index is 12.3. The molecule has 1 saturated heterocycles. The highest BCUT2D eigenvalue weighted by atomic mass is 32.1. The normalized spacial score (nSPS) is 15.6. The lowest BCUT2D eigenvalue weighted by Gasteiger charge is -2.03. The van der Waals surface area contributed by atoms with Gasteiger partial charge in [0.2, 0.25) is 5.89 Å². The number of hydrogen-bond donors (Lipinski definition) is 2. The van der Waals surface area contributed by atoms with Gasteiger partial charge in [-0.2, -0.15) is 4.98 Å². The Morgan fingerprint density at radius 3 is 3.03 bits per heavy atom. The molecule has 170 valence electrons. The van der Waals surface area contributed by atoms with Crippen LogP contribution in [0.15, 0.2) is 41.2 Å². The molecular formula is C22H22N6O4S. The standard InChI is InChI=1S/C22H22N6O4S/c1-30-16-8-15(10-23-11-16)13-2-3-17-18(9-13)33-22(25-17)27-21(29)24-6-4-19-26-20(32-28-19)14-5-7-31-12-14/h2-3,8-11,14H,4-7,12H2,1H3,(H2,24,25,27,29). The molecule has 0 aliphatic carbocycles. The first kappa shape index (κ1) is 21.3. The van der Waals surface area contributed by atoms with Crippen LogP contribution in [0.25, 0.3) is 21.3 Å². The Labute approximate surface area is 193 Å². The Bertz CT molecular complexity index is 1270. The monoisotopic (exact) mass is 466 g/mol. The van der Waals surface area contributed by atoms with Crippen LogP contribution in [0, 0.1) is 0 Å². The molecule has 2 N–H and O–H groups in total. The number of benzene rings is 1. The first-order chi connectivity index (χ1) is 16.2. The van der Waals surface area contributed by atoms with Crippen LogP contribution in [0.3, 0.4) is 0 Å². The summed E-state index contributed by atoms with van der Waals surface area (Å²) >= 11 is 1.41. The van der Waals surface area contributed by atoms with E-state index in [2.05, 4.69) is 30.7 Å². The van der Waals surface area contributed by atoms with Crippen molar-refractivity contribution in [1.29, 1.82) is 0 Å². The van der Waals surface area contributed by atoms with E-state index in [1.807, 2.05) is 24.3 Å². The number of methoxy groups -OCH3 is 1. The second-order valence-corrected chi connectivity index (χ2v) is 8.59. The molecule has 0 radical (unpaired) electrons. The number of urea groups is 1. The van der Waals surface area contributed by atoms with Gasteiger partial charge in [0.05, 0.1) is 36.0 Å². The molecule has 11 heteroatoms. The molecule has 2 amide bonds. The molecule has 3 aromatic heterocycles. The zero-order valence-electron chi connectivity index (χ0n) is 17.9. The molecule has 10 nitrogen and oxygen atoms in total. The fraction of sp³-hybridized carbons (Fsp3) is 0.318. The van der Waals surface area contributed by atoms with Crippen LogP contribution >= 0.6 is 11.3 Å². The number of hydrogen-bond acceptors (Lipinski definition) is 9. The van der Waals surface area contributed by atoms with E-state index in [0.717, 1.165) is 34.4 Å². The van der Waals surface area contributed by atoms with Crippen LogP contribution in [0.1, 0.15) is 24.1 Å². The Balaban J connectivity index is 1.17. The van der Waals surface area contributed by atoms with Gasteiger partial charge in [-0.05, 0) is 30.2 Å². The lowest BCUT2D eigenvalue weighted by atomic mass is 10.1. The number of rotatable bonds is 7. The summed E-state index contributed by atoms with van der Waals surface area (Å²) in [5.41, 5.74) is 2.75. The maximum absolute atomic E-state index is 12.3. The molecule has 1 aliphatic heterocycles. The summed E-state index contributed by atoms with van der Waals surface area (Å²) in [4.78, 5) is 25.4. The highest BCUT2D eigenvalue weighted by Gasteiger charge is 2.23. The fourth-order valence-corrected chi connectivity index (χ4v) is 4.44. The molecular weight excluding hydrogens is 444 g/mol. The molecule has 1 aliphatic rings. The Hall–Kier alpha value is -3.57. The highest BCUT2D eigenvalue weighted by Crippen LogP contribution is 2.31. The van der Waals surface area contributed by atoms with Gasteiger partial charge in [0, 0.05) is 31.3 Å². The smallest absolute Gasteiger partial charge is 0.321 e. The number of aromatic nitrogens is 4. The summed E-state index contributed by atoms with van der Waals surface area (Å²) < 4.78 is 16.9. The number of nitrogens with zero attached hydrogens (tertiary/aromatic N) is 4. The molecule has 5 rings (SSSR count). The van der Waals surface area contributed by atoms with E-state index in [1.54, 1.807) is 19.5 Å². The average molecular weight is 467 g/mol. The number of pyridine rings is 1. The van der Waals surface area contributed by atoms with Gasteiger partial charge in [-0.3, -0.25) is 10.3 Å². The minimum atomic E-state index is -0.334. The van der Waals surface area contributed by atoms with E-state index >= 15 is 0 Å². The number of nitrogens with one attached hydrogen (secondary N) is 2. The number of carbonyl (C=O) groups excluding carboxylic acids is 1. The van der Waals surface area contributed by atoms with Gasteiger partial charge in [-0.25, -0.2) is 9.78 Å². The SMILES string of the molecule is COc1cncc(-c2ccc3nc(NC(=O)NCCc4noc(C5CCOC5)n4)sc3c2)c1. The Morgan fingerprint density at radius 1 is 1.24 bits per heavy atom. The second kappa shape index (κ2) is 9.51. The summed E-state index contributed by atoms with van der Waals surface area (Å²) in [6.07, 6.45) is 4.81. The summed E-state index contributed by atoms with van der Waals surface area (Å²) in [7, 11) is 1.61. The van der Waals surface area contributed by atoms with Crippen molar-refractivity contribution in [2.45, 2.75) is 18.8 Å². The third-order valence-electron chi connectivity index (χ3n) is 5.29. The molecule has 33 heavy (non-hydrogen) atoms. The second-order valence-electron chi connectivity index (χ2n) is 7.56. The third-order valence-corrected chi connectivity index (χ3v) is 6.22. The molecule has 1 unspecified atom stereocenters. The number of anilines is 1. The maximum Gasteiger partial charge on any atom is 0.321 e. The van der Waals surface area contributed by atoms with Gasteiger partial charge in [0.1, 0.15) is 5.75 Å². The van der Waals surface area contributed by atoms with Crippen molar-refractivity contribution in [3.05, 3.63) is 48.4 Å². The minimum absolute atomic E-state index is 0.169. The number of carbonyl (C=O) groups is 1. The van der Waals surface area contributed by atoms with Gasteiger partial charge in [0.15, 0.2) is 11.0 Å². The number of fused-ring (bicyclic) bond motifs is 1. The van der Waals surface area contributed by atoms with Gasteiger partial charge in [-0.15, -0.1) is 0 Å². The number of thiazole rings is 1. The van der Waals surface area contributed by atoms with Crippen molar-refractivity contribution in [1.82, 2.24) is 25.4 Å². The number of amides is 2. The molecule has 1 aromatic carbocycles. The molecule has 4 heterocycles. The van der Waals surface area contributed by atoms with Gasteiger partial charge in [0.25, 0.3) is 0 Å². The van der Waals surface area contributed by atoms with Crippen molar-refractivity contribution in [3.63, 3.8) is 0 Å². The van der Waals surface area contributed by atoms with Crippen molar-refractivity contribution in [2.75, 3.05) is 32.2 Å². The van der Waals surface area contributed by atoms with Crippen LogP contribution < -0.4 is 15.4 Å². The van der Waals surface area contributed by atoms with Crippen molar-refractivity contribution < 1.29 is 18.8 Å². The van der Waals surface area contributed by atoms with E-state index in [0.29, 0.717) is 42.2 Å². The molecule has 0 bridgehead atoms. The van der Waals surface area contributed by atoms with Gasteiger partial charge < -0.3 is 19.3 Å². The molecule has 4 aromatic rings. The average Bonchev–Trinajstić information content (AvgIpc) is 3.59. The predicted octanol–water partition coefficient (Wildman–Crippen LogP) is 3.62. The third kappa shape index (κ3) is 4.94. The van der Waals surface area contributed by atoms with Crippen LogP contribution in [0.2, 0.25) is 0 Å². The van der Waals surface area contributed by atoms with Crippen LogP contribution in [0.5, 0.6) is 5.75 Å². The molecule has 0 spiro atoms. The largest absolute Gasteiger partial charge is 0.495 e. The zero-order chi connectivity index (χ0) is 22.6. The van der Waals surface area contributed by atoms with Crippen LogP contribution in [-0.4, -0.2) is 53.0 Å². The zero-order valence-corrected chi connectivity index (χ0v) is 18.7. The Kier molecular flexibility index (Phi) is 6.13. The van der Waals surface area contributed by atoms with E-state index in [-0.39, 0.29) is 11.9 Å². The number of ether oxygens (including phenoxy) is 2. The van der Waals surface area contributed by atoms with E-state index < -0.39 is 0 Å². The summed E-state index contributed by atoms with van der Waals surface area (Å²) in [5, 5.41) is 10.1. The van der Waals surface area contributed by atoms with E-state index in [9.17, 15) is 4.79 Å².